The van der Waals surface area contributed by atoms with E-state index in [0.29, 0.717) is 0 Å². The number of hydrogen-bond acceptors (Lipinski definition) is 4. The molecule has 0 aromatic heterocycles. The van der Waals surface area contributed by atoms with Gasteiger partial charge < -0.3 is 4.74 Å². The first-order chi connectivity index (χ1) is 8.39. The molecule has 100 valence electrons. The van der Waals surface area contributed by atoms with E-state index in [2.05, 4.69) is 5.32 Å². The largest absolute Gasteiger partial charge is 0.379 e. The van der Waals surface area contributed by atoms with Gasteiger partial charge in [-0.25, -0.2) is 4.79 Å². The maximum atomic E-state index is 12.3. The minimum Gasteiger partial charge on any atom is -0.379 e. The minimum absolute atomic E-state index is 0.135. The predicted molar refractivity (Wildman–Crippen MR) is 62.6 cm³/mol. The molecular formula is C12H18N2O4. The average Bonchev–Trinajstić information content (AvgIpc) is 2.75. The van der Waals surface area contributed by atoms with Gasteiger partial charge in [-0.1, -0.05) is 0 Å². The fourth-order valence-electron chi connectivity index (χ4n) is 2.58. The molecule has 0 spiro atoms. The maximum Gasteiger partial charge on any atom is 0.331 e. The summed E-state index contributed by atoms with van der Waals surface area (Å²) in [6.45, 7) is 3.06. The van der Waals surface area contributed by atoms with Crippen LogP contribution < -0.4 is 5.32 Å². The van der Waals surface area contributed by atoms with Gasteiger partial charge in [0.05, 0.1) is 12.1 Å². The Hall–Kier alpha value is -1.43. The van der Waals surface area contributed by atoms with E-state index in [1.807, 2.05) is 0 Å². The molecule has 18 heavy (non-hydrogen) atoms. The van der Waals surface area contributed by atoms with Gasteiger partial charge in [0.15, 0.2) is 0 Å². The molecule has 0 radical (unpaired) electrons. The number of hydrogen-bond donors (Lipinski definition) is 1. The number of nitrogens with zero attached hydrogens (tertiary/aromatic N) is 1. The number of ether oxygens (including phenoxy) is 1. The van der Waals surface area contributed by atoms with E-state index in [4.69, 9.17) is 4.74 Å². The first-order valence-corrected chi connectivity index (χ1v) is 6.11. The highest BCUT2D eigenvalue weighted by molar-refractivity contribution is 6.18. The molecule has 1 N–H and O–H groups in total. The molecule has 0 aromatic rings. The zero-order chi connectivity index (χ0) is 13.5. The number of imide groups is 2. The molecule has 6 heteroatoms. The van der Waals surface area contributed by atoms with Crippen molar-refractivity contribution in [2.75, 3.05) is 7.11 Å². The van der Waals surface area contributed by atoms with E-state index in [0.717, 1.165) is 19.3 Å². The highest BCUT2D eigenvalue weighted by Crippen LogP contribution is 2.32. The molecular weight excluding hydrogens is 236 g/mol. The first-order valence-electron chi connectivity index (χ1n) is 6.11. The Kier molecular flexibility index (Phi) is 3.14. The summed E-state index contributed by atoms with van der Waals surface area (Å²) in [6.07, 6.45) is 2.33. The van der Waals surface area contributed by atoms with Crippen molar-refractivity contribution >= 4 is 17.8 Å². The molecule has 2 unspecified atom stereocenters. The van der Waals surface area contributed by atoms with E-state index in [-0.39, 0.29) is 12.1 Å². The summed E-state index contributed by atoms with van der Waals surface area (Å²) in [5, 5.41) is 2.24. The Morgan fingerprint density at radius 1 is 1.28 bits per heavy atom. The monoisotopic (exact) mass is 254 g/mol. The zero-order valence-corrected chi connectivity index (χ0v) is 10.9. The maximum absolute atomic E-state index is 12.3. The lowest BCUT2D eigenvalue weighted by atomic mass is 9.88. The lowest BCUT2D eigenvalue weighted by molar-refractivity contribution is -0.152. The van der Waals surface area contributed by atoms with E-state index in [1.54, 1.807) is 7.11 Å². The smallest absolute Gasteiger partial charge is 0.331 e. The van der Waals surface area contributed by atoms with Gasteiger partial charge in [0.25, 0.3) is 0 Å². The van der Waals surface area contributed by atoms with Crippen molar-refractivity contribution in [1.82, 2.24) is 10.2 Å². The van der Waals surface area contributed by atoms with Crippen molar-refractivity contribution in [3.8, 4) is 0 Å². The molecule has 0 aromatic carbocycles. The second-order valence-electron chi connectivity index (χ2n) is 5.33. The van der Waals surface area contributed by atoms with E-state index in [1.165, 1.54) is 18.7 Å². The number of rotatable bonds is 2. The van der Waals surface area contributed by atoms with Gasteiger partial charge in [0.2, 0.25) is 11.8 Å². The Labute approximate surface area is 106 Å². The molecule has 1 heterocycles. The van der Waals surface area contributed by atoms with Gasteiger partial charge >= 0.3 is 6.03 Å². The second-order valence-corrected chi connectivity index (χ2v) is 5.33. The van der Waals surface area contributed by atoms with Crippen LogP contribution in [-0.2, 0) is 14.3 Å². The van der Waals surface area contributed by atoms with Crippen LogP contribution in [0.25, 0.3) is 0 Å². The number of nitrogens with one attached hydrogen (secondary N) is 1. The van der Waals surface area contributed by atoms with Crippen LogP contribution in [0.4, 0.5) is 4.79 Å². The zero-order valence-electron chi connectivity index (χ0n) is 10.9. The van der Waals surface area contributed by atoms with Gasteiger partial charge in [-0.3, -0.25) is 19.8 Å². The van der Waals surface area contributed by atoms with Crippen LogP contribution in [0, 0.1) is 5.41 Å². The molecule has 1 aliphatic heterocycles. The third-order valence-electron chi connectivity index (χ3n) is 3.81. The molecule has 6 nitrogen and oxygen atoms in total. The third kappa shape index (κ3) is 1.80. The van der Waals surface area contributed by atoms with Gasteiger partial charge in [0.1, 0.15) is 5.41 Å². The van der Waals surface area contributed by atoms with Crippen LogP contribution in [0.15, 0.2) is 0 Å². The van der Waals surface area contributed by atoms with Crippen LogP contribution in [0.3, 0.4) is 0 Å². The Bertz CT molecular complexity index is 405. The van der Waals surface area contributed by atoms with Crippen molar-refractivity contribution in [2.45, 2.75) is 45.3 Å². The molecule has 2 rings (SSSR count). The summed E-state index contributed by atoms with van der Waals surface area (Å²) >= 11 is 0. The lowest BCUT2D eigenvalue weighted by Gasteiger charge is -2.39. The van der Waals surface area contributed by atoms with E-state index >= 15 is 0 Å². The highest BCUT2D eigenvalue weighted by atomic mass is 16.5. The number of methoxy groups -OCH3 is 1. The quantitative estimate of drug-likeness (QED) is 0.734. The van der Waals surface area contributed by atoms with Crippen LogP contribution in [0.1, 0.15) is 33.1 Å². The van der Waals surface area contributed by atoms with E-state index < -0.39 is 23.3 Å². The number of barbiturate groups is 1. The topological polar surface area (TPSA) is 75.7 Å². The third-order valence-corrected chi connectivity index (χ3v) is 3.81. The molecule has 2 atom stereocenters. The molecule has 0 bridgehead atoms. The van der Waals surface area contributed by atoms with Crippen LogP contribution in [0.2, 0.25) is 0 Å². The molecule has 1 saturated heterocycles. The van der Waals surface area contributed by atoms with Crippen molar-refractivity contribution in [2.24, 2.45) is 5.41 Å². The molecule has 1 aliphatic carbocycles. The van der Waals surface area contributed by atoms with Gasteiger partial charge in [0, 0.05) is 7.11 Å². The first kappa shape index (κ1) is 13.0. The summed E-state index contributed by atoms with van der Waals surface area (Å²) in [6, 6.07) is -0.895. The fourth-order valence-corrected chi connectivity index (χ4v) is 2.58. The van der Waals surface area contributed by atoms with Crippen LogP contribution in [-0.4, -0.2) is 42.0 Å². The highest BCUT2D eigenvalue weighted by Gasteiger charge is 2.51. The summed E-state index contributed by atoms with van der Waals surface area (Å²) in [4.78, 5) is 37.0. The lowest BCUT2D eigenvalue weighted by Crippen LogP contribution is -2.65. The number of urea groups is 1. The van der Waals surface area contributed by atoms with E-state index in [9.17, 15) is 14.4 Å². The fraction of sp³-hybridized carbons (Fsp3) is 0.750. The van der Waals surface area contributed by atoms with Crippen LogP contribution in [0.5, 0.6) is 0 Å². The van der Waals surface area contributed by atoms with Crippen LogP contribution >= 0.6 is 0 Å². The van der Waals surface area contributed by atoms with Crippen molar-refractivity contribution in [1.29, 1.82) is 0 Å². The Balaban J connectivity index is 2.29. The molecule has 4 amide bonds. The Morgan fingerprint density at radius 2 is 1.94 bits per heavy atom. The number of carbonyl (C=O) groups excluding carboxylic acids is 3. The second kappa shape index (κ2) is 4.35. The molecule has 2 fully saturated rings. The van der Waals surface area contributed by atoms with Crippen molar-refractivity contribution < 1.29 is 19.1 Å². The standard InChI is InChI=1S/C12H18N2O4/c1-12(2)9(15)13-11(17)14(10(12)16)7-5-4-6-8(7)18-3/h7-8H,4-6H2,1-3H3,(H,13,15,17). The summed E-state index contributed by atoms with van der Waals surface area (Å²) in [5.74, 6) is -0.981. The van der Waals surface area contributed by atoms with Gasteiger partial charge in [-0.2, -0.15) is 0 Å². The van der Waals surface area contributed by atoms with Crippen molar-refractivity contribution in [3.05, 3.63) is 0 Å². The Morgan fingerprint density at radius 3 is 2.56 bits per heavy atom. The number of amides is 4. The predicted octanol–water partition coefficient (Wildman–Crippen LogP) is 0.658. The molecule has 2 aliphatic rings. The number of carbonyl (C=O) groups is 3. The molecule has 1 saturated carbocycles. The summed E-state index contributed by atoms with van der Waals surface area (Å²) in [5.41, 5.74) is -1.20. The average molecular weight is 254 g/mol. The SMILES string of the molecule is COC1CCCC1N1C(=O)NC(=O)C(C)(C)C1=O. The summed E-state index contributed by atoms with van der Waals surface area (Å²) in [7, 11) is 1.58. The van der Waals surface area contributed by atoms with Gasteiger partial charge in [-0.05, 0) is 33.1 Å². The van der Waals surface area contributed by atoms with Crippen molar-refractivity contribution in [3.63, 3.8) is 0 Å². The normalized spacial score (nSPS) is 31.7. The minimum atomic E-state index is -1.20. The summed E-state index contributed by atoms with van der Waals surface area (Å²) < 4.78 is 5.31. The van der Waals surface area contributed by atoms with Gasteiger partial charge in [-0.15, -0.1) is 0 Å².